The summed E-state index contributed by atoms with van der Waals surface area (Å²) in [5.41, 5.74) is 6.93. The van der Waals surface area contributed by atoms with Gasteiger partial charge in [0, 0.05) is 31.5 Å². The lowest BCUT2D eigenvalue weighted by atomic mass is 9.96. The lowest BCUT2D eigenvalue weighted by Gasteiger charge is -2.30. The predicted molar refractivity (Wildman–Crippen MR) is 78.1 cm³/mol. The molecule has 0 bridgehead atoms. The summed E-state index contributed by atoms with van der Waals surface area (Å²) in [4.78, 5) is 25.2. The van der Waals surface area contributed by atoms with E-state index in [9.17, 15) is 9.59 Å². The first-order chi connectivity index (χ1) is 9.69. The van der Waals surface area contributed by atoms with Crippen LogP contribution >= 0.6 is 0 Å². The monoisotopic (exact) mass is 274 g/mol. The van der Waals surface area contributed by atoms with E-state index in [1.54, 1.807) is 0 Å². The number of benzene rings is 1. The fourth-order valence-corrected chi connectivity index (χ4v) is 2.59. The summed E-state index contributed by atoms with van der Waals surface area (Å²) in [6.07, 6.45) is 3.55. The van der Waals surface area contributed by atoms with Gasteiger partial charge in [-0.1, -0.05) is 30.3 Å². The second kappa shape index (κ2) is 7.20. The topological polar surface area (TPSA) is 63.4 Å². The van der Waals surface area contributed by atoms with Crippen molar-refractivity contribution in [2.75, 3.05) is 13.1 Å². The number of piperidine rings is 1. The number of carbonyl (C=O) groups is 2. The smallest absolute Gasteiger partial charge is 0.223 e. The Balaban J connectivity index is 1.86. The fraction of sp³-hybridized carbons (Fsp3) is 0.500. The molecule has 4 nitrogen and oxygen atoms in total. The van der Waals surface area contributed by atoms with Crippen LogP contribution in [0, 0.1) is 5.92 Å². The molecule has 0 saturated carbocycles. The third kappa shape index (κ3) is 4.17. The first-order valence-corrected chi connectivity index (χ1v) is 7.21. The molecule has 1 aromatic rings. The van der Waals surface area contributed by atoms with Crippen molar-refractivity contribution in [3.63, 3.8) is 0 Å². The highest BCUT2D eigenvalue weighted by molar-refractivity contribution is 5.79. The molecule has 0 aliphatic carbocycles. The molecule has 2 rings (SSSR count). The van der Waals surface area contributed by atoms with Crippen LogP contribution in [-0.2, 0) is 16.0 Å². The van der Waals surface area contributed by atoms with Crippen molar-refractivity contribution in [2.24, 2.45) is 11.7 Å². The maximum Gasteiger partial charge on any atom is 0.223 e. The number of aldehydes is 1. The van der Waals surface area contributed by atoms with Gasteiger partial charge in [0.05, 0.1) is 0 Å². The summed E-state index contributed by atoms with van der Waals surface area (Å²) >= 11 is 0. The summed E-state index contributed by atoms with van der Waals surface area (Å²) in [5.74, 6) is -0.162. The van der Waals surface area contributed by atoms with Crippen molar-refractivity contribution in [3.05, 3.63) is 35.9 Å². The predicted octanol–water partition coefficient (Wildman–Crippen LogP) is 1.38. The SMILES string of the molecule is NC1CCN(C(=O)CC(C=O)Cc2ccccc2)CC1. The molecule has 0 radical (unpaired) electrons. The summed E-state index contributed by atoms with van der Waals surface area (Å²) in [6.45, 7) is 1.44. The fourth-order valence-electron chi connectivity index (χ4n) is 2.59. The van der Waals surface area contributed by atoms with E-state index in [0.29, 0.717) is 12.8 Å². The van der Waals surface area contributed by atoms with E-state index in [-0.39, 0.29) is 17.9 Å². The number of amides is 1. The van der Waals surface area contributed by atoms with E-state index in [0.717, 1.165) is 37.8 Å². The lowest BCUT2D eigenvalue weighted by Crippen LogP contribution is -2.43. The largest absolute Gasteiger partial charge is 0.343 e. The quantitative estimate of drug-likeness (QED) is 0.825. The van der Waals surface area contributed by atoms with Crippen molar-refractivity contribution < 1.29 is 9.59 Å². The Morgan fingerprint density at radius 1 is 1.30 bits per heavy atom. The minimum atomic E-state index is -0.236. The Bertz CT molecular complexity index is 439. The number of nitrogens with two attached hydrogens (primary N) is 1. The molecule has 1 aliphatic rings. The van der Waals surface area contributed by atoms with E-state index < -0.39 is 0 Å². The molecule has 0 aromatic heterocycles. The summed E-state index contributed by atoms with van der Waals surface area (Å²) in [7, 11) is 0. The summed E-state index contributed by atoms with van der Waals surface area (Å²) < 4.78 is 0. The van der Waals surface area contributed by atoms with Crippen molar-refractivity contribution >= 4 is 12.2 Å². The van der Waals surface area contributed by atoms with Crippen LogP contribution in [0.2, 0.25) is 0 Å². The standard InChI is InChI=1S/C16H22N2O2/c17-15-6-8-18(9-7-15)16(20)11-14(12-19)10-13-4-2-1-3-5-13/h1-5,12,14-15H,6-11,17H2. The maximum absolute atomic E-state index is 12.2. The van der Waals surface area contributed by atoms with Crippen molar-refractivity contribution in [2.45, 2.75) is 31.7 Å². The van der Waals surface area contributed by atoms with Crippen LogP contribution in [0.1, 0.15) is 24.8 Å². The molecule has 108 valence electrons. The van der Waals surface area contributed by atoms with Gasteiger partial charge in [0.2, 0.25) is 5.91 Å². The van der Waals surface area contributed by atoms with Gasteiger partial charge in [0.25, 0.3) is 0 Å². The average molecular weight is 274 g/mol. The number of hydrogen-bond acceptors (Lipinski definition) is 3. The third-order valence-electron chi connectivity index (χ3n) is 3.86. The van der Waals surface area contributed by atoms with E-state index in [4.69, 9.17) is 5.73 Å². The number of nitrogens with zero attached hydrogens (tertiary/aromatic N) is 1. The molecule has 1 fully saturated rings. The number of rotatable bonds is 5. The van der Waals surface area contributed by atoms with Crippen LogP contribution in [0.3, 0.4) is 0 Å². The zero-order valence-electron chi connectivity index (χ0n) is 11.7. The average Bonchev–Trinajstić information content (AvgIpc) is 2.48. The highest BCUT2D eigenvalue weighted by Gasteiger charge is 2.23. The van der Waals surface area contributed by atoms with Gasteiger partial charge in [-0.15, -0.1) is 0 Å². The first kappa shape index (κ1) is 14.7. The minimum Gasteiger partial charge on any atom is -0.343 e. The Morgan fingerprint density at radius 3 is 2.55 bits per heavy atom. The Kier molecular flexibility index (Phi) is 5.30. The highest BCUT2D eigenvalue weighted by atomic mass is 16.2. The van der Waals surface area contributed by atoms with Gasteiger partial charge in [0.15, 0.2) is 0 Å². The molecule has 0 spiro atoms. The molecule has 4 heteroatoms. The van der Waals surface area contributed by atoms with E-state index >= 15 is 0 Å². The van der Waals surface area contributed by atoms with E-state index in [1.165, 1.54) is 0 Å². The van der Waals surface area contributed by atoms with Gasteiger partial charge in [-0.2, -0.15) is 0 Å². The van der Waals surface area contributed by atoms with Crippen LogP contribution in [0.25, 0.3) is 0 Å². The molecule has 20 heavy (non-hydrogen) atoms. The van der Waals surface area contributed by atoms with Crippen LogP contribution in [0.4, 0.5) is 0 Å². The van der Waals surface area contributed by atoms with E-state index in [1.807, 2.05) is 35.2 Å². The van der Waals surface area contributed by atoms with Gasteiger partial charge >= 0.3 is 0 Å². The molecule has 1 aliphatic heterocycles. The molecule has 2 N–H and O–H groups in total. The van der Waals surface area contributed by atoms with Crippen LogP contribution < -0.4 is 5.73 Å². The van der Waals surface area contributed by atoms with Crippen molar-refractivity contribution in [1.29, 1.82) is 0 Å². The normalized spacial score (nSPS) is 17.8. The molecule has 1 aromatic carbocycles. The van der Waals surface area contributed by atoms with Crippen LogP contribution in [-0.4, -0.2) is 36.2 Å². The summed E-state index contributed by atoms with van der Waals surface area (Å²) in [5, 5.41) is 0. The van der Waals surface area contributed by atoms with Gasteiger partial charge in [-0.25, -0.2) is 0 Å². The Hall–Kier alpha value is -1.68. The second-order valence-electron chi connectivity index (χ2n) is 5.51. The molecule has 1 heterocycles. The van der Waals surface area contributed by atoms with Gasteiger partial charge < -0.3 is 15.4 Å². The molecule has 1 unspecified atom stereocenters. The van der Waals surface area contributed by atoms with Crippen LogP contribution in [0.15, 0.2) is 30.3 Å². The first-order valence-electron chi connectivity index (χ1n) is 7.21. The third-order valence-corrected chi connectivity index (χ3v) is 3.86. The lowest BCUT2D eigenvalue weighted by molar-refractivity contribution is -0.134. The zero-order chi connectivity index (χ0) is 14.4. The van der Waals surface area contributed by atoms with Crippen LogP contribution in [0.5, 0.6) is 0 Å². The van der Waals surface area contributed by atoms with Gasteiger partial charge in [0.1, 0.15) is 6.29 Å². The maximum atomic E-state index is 12.2. The second-order valence-corrected chi connectivity index (χ2v) is 5.51. The molecule has 1 saturated heterocycles. The highest BCUT2D eigenvalue weighted by Crippen LogP contribution is 2.15. The van der Waals surface area contributed by atoms with Gasteiger partial charge in [-0.05, 0) is 24.8 Å². The Labute approximate surface area is 119 Å². The number of hydrogen-bond donors (Lipinski definition) is 1. The molecular weight excluding hydrogens is 252 g/mol. The zero-order valence-corrected chi connectivity index (χ0v) is 11.7. The number of likely N-dealkylation sites (tertiary alicyclic amines) is 1. The minimum absolute atomic E-state index is 0.0740. The Morgan fingerprint density at radius 2 is 1.95 bits per heavy atom. The van der Waals surface area contributed by atoms with Crippen molar-refractivity contribution in [3.8, 4) is 0 Å². The summed E-state index contributed by atoms with van der Waals surface area (Å²) in [6, 6.07) is 10.0. The van der Waals surface area contributed by atoms with E-state index in [2.05, 4.69) is 0 Å². The van der Waals surface area contributed by atoms with Crippen molar-refractivity contribution in [1.82, 2.24) is 4.90 Å². The molecule has 1 amide bonds. The molecular formula is C16H22N2O2. The van der Waals surface area contributed by atoms with Gasteiger partial charge in [-0.3, -0.25) is 4.79 Å². The number of carbonyl (C=O) groups excluding carboxylic acids is 2. The molecule has 1 atom stereocenters.